The zero-order valence-corrected chi connectivity index (χ0v) is 11.6. The number of likely N-dealkylation sites (N-methyl/N-ethyl adjacent to an activating group) is 1. The fraction of sp³-hybridized carbons (Fsp3) is 0.692. The average Bonchev–Trinajstić information content (AvgIpc) is 2.31. The average molecular weight is 254 g/mol. The van der Waals surface area contributed by atoms with E-state index in [2.05, 4.69) is 6.58 Å². The molecule has 0 saturated carbocycles. The molecule has 5 heteroatoms. The van der Waals surface area contributed by atoms with Crippen LogP contribution in [-0.4, -0.2) is 60.0 Å². The summed E-state index contributed by atoms with van der Waals surface area (Å²) in [6.45, 7) is 10.5. The molecule has 0 spiro atoms. The summed E-state index contributed by atoms with van der Waals surface area (Å²) in [5.74, 6) is -0.305. The van der Waals surface area contributed by atoms with Gasteiger partial charge in [0.05, 0.1) is 24.8 Å². The third-order valence-corrected chi connectivity index (χ3v) is 3.52. The van der Waals surface area contributed by atoms with Crippen molar-refractivity contribution in [1.82, 2.24) is 9.80 Å². The van der Waals surface area contributed by atoms with Gasteiger partial charge in [0.25, 0.3) is 0 Å². The summed E-state index contributed by atoms with van der Waals surface area (Å²) in [6.07, 6.45) is 1.21. The van der Waals surface area contributed by atoms with Crippen molar-refractivity contribution in [2.75, 3.05) is 26.7 Å². The van der Waals surface area contributed by atoms with Gasteiger partial charge in [0.1, 0.15) is 0 Å². The molecule has 2 amide bonds. The molecule has 18 heavy (non-hydrogen) atoms. The Hall–Kier alpha value is -1.36. The van der Waals surface area contributed by atoms with E-state index in [0.29, 0.717) is 13.2 Å². The Balaban J connectivity index is 2.66. The van der Waals surface area contributed by atoms with E-state index in [1.54, 1.807) is 11.9 Å². The number of hydrogen-bond donors (Lipinski definition) is 0. The second-order valence-electron chi connectivity index (χ2n) is 5.11. The maximum absolute atomic E-state index is 12.2. The number of morpholine rings is 1. The first-order valence-corrected chi connectivity index (χ1v) is 6.10. The molecule has 1 atom stereocenters. The number of ether oxygens (including phenoxy) is 1. The topological polar surface area (TPSA) is 49.9 Å². The van der Waals surface area contributed by atoms with Crippen molar-refractivity contribution in [1.29, 1.82) is 0 Å². The minimum Gasteiger partial charge on any atom is -0.372 e. The molecule has 1 aliphatic rings. The minimum absolute atomic E-state index is 0.00835. The van der Waals surface area contributed by atoms with Gasteiger partial charge in [0.2, 0.25) is 11.8 Å². The van der Waals surface area contributed by atoms with E-state index < -0.39 is 0 Å². The van der Waals surface area contributed by atoms with E-state index in [9.17, 15) is 9.59 Å². The van der Waals surface area contributed by atoms with Gasteiger partial charge in [-0.1, -0.05) is 6.58 Å². The minimum atomic E-state index is -0.352. The van der Waals surface area contributed by atoms with Crippen LogP contribution in [0.15, 0.2) is 12.7 Å². The highest BCUT2D eigenvalue weighted by atomic mass is 16.5. The first-order chi connectivity index (χ1) is 8.29. The Morgan fingerprint density at radius 3 is 2.72 bits per heavy atom. The molecule has 0 bridgehead atoms. The third kappa shape index (κ3) is 3.10. The molecule has 0 N–H and O–H groups in total. The van der Waals surface area contributed by atoms with Gasteiger partial charge in [0, 0.05) is 13.6 Å². The molecule has 0 aromatic heterocycles. The summed E-state index contributed by atoms with van der Waals surface area (Å²) < 4.78 is 5.64. The van der Waals surface area contributed by atoms with Crippen LogP contribution in [0, 0.1) is 0 Å². The van der Waals surface area contributed by atoms with Crippen molar-refractivity contribution in [3.05, 3.63) is 12.7 Å². The van der Waals surface area contributed by atoms with Crippen molar-refractivity contribution in [2.45, 2.75) is 32.4 Å². The van der Waals surface area contributed by atoms with Gasteiger partial charge in [-0.25, -0.2) is 0 Å². The second-order valence-corrected chi connectivity index (χ2v) is 5.11. The van der Waals surface area contributed by atoms with Crippen molar-refractivity contribution in [3.63, 3.8) is 0 Å². The summed E-state index contributed by atoms with van der Waals surface area (Å²) in [4.78, 5) is 26.7. The second kappa shape index (κ2) is 5.52. The van der Waals surface area contributed by atoms with Crippen LogP contribution < -0.4 is 0 Å². The Kier molecular flexibility index (Phi) is 4.51. The molecule has 0 radical (unpaired) electrons. The fourth-order valence-electron chi connectivity index (χ4n) is 1.96. The molecule has 0 aromatic rings. The number of carbonyl (C=O) groups excluding carboxylic acids is 2. The molecule has 5 nitrogen and oxygen atoms in total. The van der Waals surface area contributed by atoms with Gasteiger partial charge < -0.3 is 14.5 Å². The molecule has 1 fully saturated rings. The van der Waals surface area contributed by atoms with Crippen LogP contribution >= 0.6 is 0 Å². The number of rotatable bonds is 3. The number of amides is 2. The maximum atomic E-state index is 12.2. The number of carbonyl (C=O) groups is 2. The molecule has 1 aliphatic heterocycles. The van der Waals surface area contributed by atoms with Crippen molar-refractivity contribution in [3.8, 4) is 0 Å². The first kappa shape index (κ1) is 14.7. The molecule has 1 unspecified atom stereocenters. The summed E-state index contributed by atoms with van der Waals surface area (Å²) in [6, 6.07) is -0.00835. The van der Waals surface area contributed by atoms with E-state index in [-0.39, 0.29) is 30.0 Å². The van der Waals surface area contributed by atoms with Gasteiger partial charge in [0.15, 0.2) is 0 Å². The van der Waals surface area contributed by atoms with E-state index in [1.807, 2.05) is 20.8 Å². The fourth-order valence-corrected chi connectivity index (χ4v) is 1.96. The smallest absolute Gasteiger partial charge is 0.246 e. The molecule has 1 saturated heterocycles. The van der Waals surface area contributed by atoms with E-state index in [1.165, 1.54) is 11.0 Å². The lowest BCUT2D eigenvalue weighted by Crippen LogP contribution is -2.58. The summed E-state index contributed by atoms with van der Waals surface area (Å²) >= 11 is 0. The summed E-state index contributed by atoms with van der Waals surface area (Å²) in [7, 11) is 1.60. The predicted molar refractivity (Wildman–Crippen MR) is 69.0 cm³/mol. The van der Waals surface area contributed by atoms with E-state index >= 15 is 0 Å². The number of hydrogen-bond acceptors (Lipinski definition) is 3. The molecular weight excluding hydrogens is 232 g/mol. The van der Waals surface area contributed by atoms with E-state index in [0.717, 1.165) is 0 Å². The largest absolute Gasteiger partial charge is 0.372 e. The molecular formula is C13H22N2O3. The van der Waals surface area contributed by atoms with Gasteiger partial charge in [-0.05, 0) is 26.8 Å². The van der Waals surface area contributed by atoms with Gasteiger partial charge in [-0.2, -0.15) is 0 Å². The quantitative estimate of drug-likeness (QED) is 0.695. The van der Waals surface area contributed by atoms with Gasteiger partial charge >= 0.3 is 0 Å². The molecule has 0 aromatic carbocycles. The summed E-state index contributed by atoms with van der Waals surface area (Å²) in [5, 5.41) is 0. The Bertz CT molecular complexity index is 352. The Labute approximate surface area is 108 Å². The highest BCUT2D eigenvalue weighted by Gasteiger charge is 2.37. The molecule has 0 aliphatic carbocycles. The molecule has 102 valence electrons. The lowest BCUT2D eigenvalue weighted by Gasteiger charge is -2.44. The van der Waals surface area contributed by atoms with Crippen molar-refractivity contribution < 1.29 is 14.3 Å². The van der Waals surface area contributed by atoms with Crippen molar-refractivity contribution >= 4 is 11.8 Å². The van der Waals surface area contributed by atoms with Gasteiger partial charge in [-0.3, -0.25) is 9.59 Å². The SMILES string of the molecule is C=CC(=O)N(C)CC(=O)N1CCOC(C)(C)C1C. The maximum Gasteiger partial charge on any atom is 0.246 e. The van der Waals surface area contributed by atoms with Crippen LogP contribution in [-0.2, 0) is 14.3 Å². The monoisotopic (exact) mass is 254 g/mol. The van der Waals surface area contributed by atoms with Crippen LogP contribution in [0.4, 0.5) is 0 Å². The van der Waals surface area contributed by atoms with Crippen LogP contribution in [0.1, 0.15) is 20.8 Å². The lowest BCUT2D eigenvalue weighted by atomic mass is 9.97. The zero-order chi connectivity index (χ0) is 13.9. The van der Waals surface area contributed by atoms with Gasteiger partial charge in [-0.15, -0.1) is 0 Å². The highest BCUT2D eigenvalue weighted by molar-refractivity contribution is 5.90. The summed E-state index contributed by atoms with van der Waals surface area (Å²) in [5.41, 5.74) is -0.352. The Morgan fingerprint density at radius 1 is 1.56 bits per heavy atom. The lowest BCUT2D eigenvalue weighted by molar-refractivity contribution is -0.159. The zero-order valence-electron chi connectivity index (χ0n) is 11.6. The van der Waals surface area contributed by atoms with Crippen LogP contribution in [0.5, 0.6) is 0 Å². The predicted octanol–water partition coefficient (Wildman–Crippen LogP) is 0.657. The van der Waals surface area contributed by atoms with Crippen LogP contribution in [0.3, 0.4) is 0 Å². The normalized spacial score (nSPS) is 22.4. The van der Waals surface area contributed by atoms with E-state index in [4.69, 9.17) is 4.74 Å². The van der Waals surface area contributed by atoms with Crippen molar-refractivity contribution in [2.24, 2.45) is 0 Å². The highest BCUT2D eigenvalue weighted by Crippen LogP contribution is 2.24. The molecule has 1 heterocycles. The standard InChI is InChI=1S/C13H22N2O3/c1-6-11(16)14(5)9-12(17)15-7-8-18-13(3,4)10(15)2/h6,10H,1,7-9H2,2-5H3. The number of nitrogens with zero attached hydrogens (tertiary/aromatic N) is 2. The Morgan fingerprint density at radius 2 is 2.17 bits per heavy atom. The molecule has 1 rings (SSSR count). The van der Waals surface area contributed by atoms with Crippen LogP contribution in [0.2, 0.25) is 0 Å². The third-order valence-electron chi connectivity index (χ3n) is 3.52. The first-order valence-electron chi connectivity index (χ1n) is 6.10. The van der Waals surface area contributed by atoms with Crippen LogP contribution in [0.25, 0.3) is 0 Å².